The summed E-state index contributed by atoms with van der Waals surface area (Å²) in [5, 5.41) is 20.0. The van der Waals surface area contributed by atoms with Crippen LogP contribution in [0.5, 0.6) is 5.75 Å². The van der Waals surface area contributed by atoms with E-state index in [1.54, 1.807) is 19.1 Å². The average molecular weight is 347 g/mol. The number of likely N-dealkylation sites (tertiary alicyclic amines) is 1. The van der Waals surface area contributed by atoms with E-state index >= 15 is 0 Å². The molecule has 0 unspecified atom stereocenters. The summed E-state index contributed by atoms with van der Waals surface area (Å²) in [6.45, 7) is 3.88. The van der Waals surface area contributed by atoms with Crippen molar-refractivity contribution < 1.29 is 24.2 Å². The molecule has 1 aromatic heterocycles. The Bertz CT molecular complexity index is 859. The molecule has 1 aliphatic heterocycles. The molecule has 2 atom stereocenters. The highest BCUT2D eigenvalue weighted by Crippen LogP contribution is 2.28. The molecule has 0 radical (unpaired) electrons. The predicted molar refractivity (Wildman–Crippen MR) is 90.7 cm³/mol. The number of piperidine rings is 1. The van der Waals surface area contributed by atoms with Crippen molar-refractivity contribution in [2.45, 2.75) is 32.5 Å². The summed E-state index contributed by atoms with van der Waals surface area (Å²) in [6.07, 6.45) is -1.39. The number of aliphatic hydroxyl groups is 2. The summed E-state index contributed by atoms with van der Waals surface area (Å²) < 4.78 is 10.9. The van der Waals surface area contributed by atoms with Crippen LogP contribution in [0.3, 0.4) is 0 Å². The van der Waals surface area contributed by atoms with E-state index in [-0.39, 0.29) is 19.1 Å². The van der Waals surface area contributed by atoms with Crippen molar-refractivity contribution in [2.75, 3.05) is 19.7 Å². The topological polar surface area (TPSA) is 100 Å². The largest absolute Gasteiger partial charge is 0.483 e. The fraction of sp³-hybridized carbons (Fsp3) is 0.444. The van der Waals surface area contributed by atoms with E-state index in [9.17, 15) is 19.8 Å². The van der Waals surface area contributed by atoms with E-state index in [0.29, 0.717) is 29.9 Å². The smallest absolute Gasteiger partial charge is 0.336 e. The summed E-state index contributed by atoms with van der Waals surface area (Å²) in [4.78, 5) is 25.3. The normalized spacial score (nSPS) is 20.7. The van der Waals surface area contributed by atoms with Gasteiger partial charge >= 0.3 is 5.63 Å². The van der Waals surface area contributed by atoms with Crippen molar-refractivity contribution >= 4 is 16.9 Å². The minimum atomic E-state index is -0.933. The maximum atomic E-state index is 12.2. The molecule has 1 saturated heterocycles. The van der Waals surface area contributed by atoms with Gasteiger partial charge in [-0.2, -0.15) is 0 Å². The summed E-state index contributed by atoms with van der Waals surface area (Å²) in [5.41, 5.74) is 1.49. The van der Waals surface area contributed by atoms with Gasteiger partial charge in [-0.25, -0.2) is 4.79 Å². The van der Waals surface area contributed by atoms with Crippen molar-refractivity contribution in [1.29, 1.82) is 0 Å². The van der Waals surface area contributed by atoms with E-state index in [4.69, 9.17) is 9.15 Å². The van der Waals surface area contributed by atoms with Gasteiger partial charge in [-0.05, 0) is 38.0 Å². The Kier molecular flexibility index (Phi) is 4.78. The molecule has 0 saturated carbocycles. The number of carbonyl (C=O) groups excluding carboxylic acids is 1. The van der Waals surface area contributed by atoms with Gasteiger partial charge in [0.15, 0.2) is 6.61 Å². The van der Waals surface area contributed by atoms with Crippen molar-refractivity contribution in [3.8, 4) is 5.75 Å². The lowest BCUT2D eigenvalue weighted by atomic mass is 10.1. The highest BCUT2D eigenvalue weighted by molar-refractivity contribution is 5.85. The van der Waals surface area contributed by atoms with Gasteiger partial charge in [0.05, 0.1) is 12.2 Å². The number of aryl methyl sites for hydroxylation is 2. The monoisotopic (exact) mass is 347 g/mol. The molecule has 1 aromatic carbocycles. The fourth-order valence-electron chi connectivity index (χ4n) is 3.03. The zero-order valence-corrected chi connectivity index (χ0v) is 14.2. The standard InChI is InChI=1S/C18H21NO6/c1-10-7-17(23)25-18-11(2)15(4-3-12(10)18)24-9-16(22)19-6-5-13(20)14(21)8-19/h3-4,7,13-14,20-21H,5-6,8-9H2,1-2H3/t13-,14-/m1/s1. The molecule has 0 aliphatic carbocycles. The molecular formula is C18H21NO6. The van der Waals surface area contributed by atoms with Gasteiger partial charge in [-0.1, -0.05) is 0 Å². The van der Waals surface area contributed by atoms with Gasteiger partial charge in [0.1, 0.15) is 11.3 Å². The quantitative estimate of drug-likeness (QED) is 0.795. The minimum absolute atomic E-state index is 0.0914. The van der Waals surface area contributed by atoms with Crippen LogP contribution in [0.2, 0.25) is 0 Å². The number of hydrogen-bond acceptors (Lipinski definition) is 6. The lowest BCUT2D eigenvalue weighted by molar-refractivity contribution is -0.139. The van der Waals surface area contributed by atoms with Crippen LogP contribution < -0.4 is 10.4 Å². The van der Waals surface area contributed by atoms with Crippen LogP contribution in [0.4, 0.5) is 0 Å². The second-order valence-electron chi connectivity index (χ2n) is 6.37. The Hall–Kier alpha value is -2.38. The van der Waals surface area contributed by atoms with Crippen molar-refractivity contribution in [1.82, 2.24) is 4.90 Å². The second kappa shape index (κ2) is 6.85. The molecule has 2 N–H and O–H groups in total. The molecule has 2 aromatic rings. The Morgan fingerprint density at radius 1 is 1.32 bits per heavy atom. The lowest BCUT2D eigenvalue weighted by Crippen LogP contribution is -2.50. The van der Waals surface area contributed by atoms with Crippen molar-refractivity contribution in [2.24, 2.45) is 0 Å². The van der Waals surface area contributed by atoms with Gasteiger partial charge in [-0.15, -0.1) is 0 Å². The zero-order chi connectivity index (χ0) is 18.1. The summed E-state index contributed by atoms with van der Waals surface area (Å²) in [5.74, 6) is 0.198. The number of aliphatic hydroxyl groups excluding tert-OH is 2. The molecule has 2 heterocycles. The Labute approximate surface area is 144 Å². The third-order valence-electron chi connectivity index (χ3n) is 4.57. The Morgan fingerprint density at radius 2 is 2.08 bits per heavy atom. The molecule has 134 valence electrons. The van der Waals surface area contributed by atoms with E-state index in [2.05, 4.69) is 0 Å². The number of nitrogens with zero attached hydrogens (tertiary/aromatic N) is 1. The van der Waals surface area contributed by atoms with Crippen LogP contribution >= 0.6 is 0 Å². The molecule has 7 heteroatoms. The Balaban J connectivity index is 1.74. The fourth-order valence-corrected chi connectivity index (χ4v) is 3.03. The number of hydrogen-bond donors (Lipinski definition) is 2. The SMILES string of the molecule is Cc1cc(=O)oc2c(C)c(OCC(=O)N3CC[C@@H](O)[C@H](O)C3)ccc12. The molecule has 0 bridgehead atoms. The zero-order valence-electron chi connectivity index (χ0n) is 14.2. The van der Waals surface area contributed by atoms with Gasteiger partial charge in [0.25, 0.3) is 5.91 Å². The first kappa shape index (κ1) is 17.4. The minimum Gasteiger partial charge on any atom is -0.483 e. The third-order valence-corrected chi connectivity index (χ3v) is 4.57. The maximum Gasteiger partial charge on any atom is 0.336 e. The second-order valence-corrected chi connectivity index (χ2v) is 6.37. The van der Waals surface area contributed by atoms with Gasteiger partial charge < -0.3 is 24.3 Å². The highest BCUT2D eigenvalue weighted by atomic mass is 16.5. The average Bonchev–Trinajstić information content (AvgIpc) is 2.57. The van der Waals surface area contributed by atoms with Crippen LogP contribution in [0.1, 0.15) is 17.5 Å². The first-order valence-corrected chi connectivity index (χ1v) is 8.17. The number of β-amino-alcohol motifs (C(OH)–C–C–N with tert-alkyl or cyclic N) is 1. The molecule has 1 fully saturated rings. The summed E-state index contributed by atoms with van der Waals surface area (Å²) in [6, 6.07) is 4.97. The third kappa shape index (κ3) is 3.52. The van der Waals surface area contributed by atoms with Crippen LogP contribution in [0.15, 0.2) is 27.4 Å². The first-order valence-electron chi connectivity index (χ1n) is 8.17. The maximum absolute atomic E-state index is 12.2. The van der Waals surface area contributed by atoms with Gasteiger partial charge in [-0.3, -0.25) is 4.79 Å². The predicted octanol–water partition coefficient (Wildman–Crippen LogP) is 0.743. The highest BCUT2D eigenvalue weighted by Gasteiger charge is 2.28. The molecule has 25 heavy (non-hydrogen) atoms. The number of rotatable bonds is 3. The van der Waals surface area contributed by atoms with Crippen LogP contribution in [0, 0.1) is 13.8 Å². The van der Waals surface area contributed by atoms with Crippen LogP contribution in [-0.4, -0.2) is 52.9 Å². The van der Waals surface area contributed by atoms with Gasteiger partial charge in [0, 0.05) is 30.1 Å². The molecule has 7 nitrogen and oxygen atoms in total. The molecule has 0 spiro atoms. The van der Waals surface area contributed by atoms with Gasteiger partial charge in [0.2, 0.25) is 0 Å². The number of benzene rings is 1. The molecular weight excluding hydrogens is 326 g/mol. The van der Waals surface area contributed by atoms with E-state index < -0.39 is 17.8 Å². The van der Waals surface area contributed by atoms with E-state index in [1.807, 2.05) is 6.92 Å². The van der Waals surface area contributed by atoms with Crippen molar-refractivity contribution in [3.63, 3.8) is 0 Å². The van der Waals surface area contributed by atoms with Crippen LogP contribution in [-0.2, 0) is 4.79 Å². The van der Waals surface area contributed by atoms with Crippen molar-refractivity contribution in [3.05, 3.63) is 39.7 Å². The number of amides is 1. The van der Waals surface area contributed by atoms with E-state index in [0.717, 1.165) is 10.9 Å². The lowest BCUT2D eigenvalue weighted by Gasteiger charge is -2.33. The Morgan fingerprint density at radius 3 is 2.80 bits per heavy atom. The summed E-state index contributed by atoms with van der Waals surface area (Å²) >= 11 is 0. The van der Waals surface area contributed by atoms with Crippen LogP contribution in [0.25, 0.3) is 11.0 Å². The number of ether oxygens (including phenoxy) is 1. The molecule has 1 aliphatic rings. The van der Waals surface area contributed by atoms with E-state index in [1.165, 1.54) is 11.0 Å². The number of fused-ring (bicyclic) bond motifs is 1. The summed E-state index contributed by atoms with van der Waals surface area (Å²) in [7, 11) is 0. The number of carbonyl (C=O) groups is 1. The first-order chi connectivity index (χ1) is 11.9. The molecule has 3 rings (SSSR count). The molecule has 1 amide bonds.